The van der Waals surface area contributed by atoms with E-state index in [0.717, 1.165) is 19.6 Å². The lowest BCUT2D eigenvalue weighted by Gasteiger charge is -2.27. The number of amides is 1. The first-order valence-corrected chi connectivity index (χ1v) is 6.83. The zero-order valence-corrected chi connectivity index (χ0v) is 11.7. The molecule has 19 heavy (non-hydrogen) atoms. The van der Waals surface area contributed by atoms with Crippen molar-refractivity contribution in [2.45, 2.75) is 25.8 Å². The van der Waals surface area contributed by atoms with Gasteiger partial charge in [0.05, 0.1) is 5.56 Å². The Balaban J connectivity index is 1.97. The summed E-state index contributed by atoms with van der Waals surface area (Å²) in [5, 5.41) is 0. The van der Waals surface area contributed by atoms with E-state index < -0.39 is 0 Å². The first-order chi connectivity index (χ1) is 9.11. The van der Waals surface area contributed by atoms with Crippen LogP contribution >= 0.6 is 0 Å². The minimum atomic E-state index is 0.00968. The number of carbonyl (C=O) groups excluding carboxylic acids is 1. The Bertz CT molecular complexity index is 432. The van der Waals surface area contributed by atoms with Gasteiger partial charge in [0.15, 0.2) is 0 Å². The Kier molecular flexibility index (Phi) is 4.37. The molecule has 1 aliphatic rings. The lowest BCUT2D eigenvalue weighted by molar-refractivity contribution is 0.0754. The molecule has 1 aromatic rings. The molecule has 1 saturated heterocycles. The molecule has 1 fully saturated rings. The Morgan fingerprint density at radius 1 is 1.58 bits per heavy atom. The summed E-state index contributed by atoms with van der Waals surface area (Å²) in [6, 6.07) is 3.88. The normalized spacial score (nSPS) is 19.6. The Morgan fingerprint density at radius 2 is 2.37 bits per heavy atom. The number of pyridine rings is 1. The number of hydrogen-bond donors (Lipinski definition) is 1. The molecule has 0 saturated carbocycles. The molecule has 0 radical (unpaired) electrons. The second-order valence-corrected chi connectivity index (χ2v) is 5.08. The predicted molar refractivity (Wildman–Crippen MR) is 75.9 cm³/mol. The van der Waals surface area contributed by atoms with Crippen LogP contribution in [-0.2, 0) is 0 Å². The highest BCUT2D eigenvalue weighted by Gasteiger charge is 2.25. The maximum Gasteiger partial charge on any atom is 0.255 e. The van der Waals surface area contributed by atoms with Gasteiger partial charge in [-0.05, 0) is 38.1 Å². The SMILES string of the molecule is CCN1CCCC1CN(C)C(=O)c1ccc(N)nc1. The number of hydrogen-bond acceptors (Lipinski definition) is 4. The van der Waals surface area contributed by atoms with Crippen LogP contribution in [0.1, 0.15) is 30.1 Å². The first kappa shape index (κ1) is 13.8. The zero-order valence-electron chi connectivity index (χ0n) is 11.7. The van der Waals surface area contributed by atoms with Gasteiger partial charge in [0.25, 0.3) is 5.91 Å². The molecule has 5 nitrogen and oxygen atoms in total. The van der Waals surface area contributed by atoms with E-state index in [4.69, 9.17) is 5.73 Å². The lowest BCUT2D eigenvalue weighted by atomic mass is 10.2. The number of likely N-dealkylation sites (tertiary alicyclic amines) is 1. The second kappa shape index (κ2) is 6.02. The van der Waals surface area contributed by atoms with Gasteiger partial charge >= 0.3 is 0 Å². The van der Waals surface area contributed by atoms with Crippen LogP contribution in [0.2, 0.25) is 0 Å². The van der Waals surface area contributed by atoms with Gasteiger partial charge in [0.1, 0.15) is 5.82 Å². The van der Waals surface area contributed by atoms with E-state index >= 15 is 0 Å². The van der Waals surface area contributed by atoms with Gasteiger partial charge in [-0.3, -0.25) is 9.69 Å². The number of nitrogens with two attached hydrogens (primary N) is 1. The van der Waals surface area contributed by atoms with E-state index in [0.29, 0.717) is 17.4 Å². The maximum absolute atomic E-state index is 12.3. The molecule has 1 unspecified atom stereocenters. The van der Waals surface area contributed by atoms with Crippen molar-refractivity contribution in [3.8, 4) is 0 Å². The van der Waals surface area contributed by atoms with Crippen molar-refractivity contribution in [2.24, 2.45) is 0 Å². The Hall–Kier alpha value is -1.62. The van der Waals surface area contributed by atoms with E-state index in [1.54, 1.807) is 23.2 Å². The van der Waals surface area contributed by atoms with Crippen LogP contribution in [0.25, 0.3) is 0 Å². The third kappa shape index (κ3) is 3.23. The molecule has 0 spiro atoms. The lowest BCUT2D eigenvalue weighted by Crippen LogP contribution is -2.41. The van der Waals surface area contributed by atoms with Gasteiger partial charge in [0, 0.05) is 25.8 Å². The monoisotopic (exact) mass is 262 g/mol. The van der Waals surface area contributed by atoms with Gasteiger partial charge in [-0.25, -0.2) is 4.98 Å². The van der Waals surface area contributed by atoms with Crippen LogP contribution in [0, 0.1) is 0 Å². The van der Waals surface area contributed by atoms with Gasteiger partial charge < -0.3 is 10.6 Å². The summed E-state index contributed by atoms with van der Waals surface area (Å²) in [6.45, 7) is 5.14. The summed E-state index contributed by atoms with van der Waals surface area (Å²) in [5.74, 6) is 0.447. The topological polar surface area (TPSA) is 62.5 Å². The molecular formula is C14H22N4O. The number of likely N-dealkylation sites (N-methyl/N-ethyl adjacent to an activating group) is 2. The third-order valence-electron chi connectivity index (χ3n) is 3.77. The third-order valence-corrected chi connectivity index (χ3v) is 3.77. The van der Waals surface area contributed by atoms with E-state index in [2.05, 4.69) is 16.8 Å². The van der Waals surface area contributed by atoms with E-state index in [-0.39, 0.29) is 5.91 Å². The Labute approximate surface area is 114 Å². The van der Waals surface area contributed by atoms with Crippen molar-refractivity contribution in [3.63, 3.8) is 0 Å². The van der Waals surface area contributed by atoms with Crippen molar-refractivity contribution in [1.82, 2.24) is 14.8 Å². The standard InChI is InChI=1S/C14H22N4O/c1-3-18-8-4-5-12(18)10-17(2)14(19)11-6-7-13(15)16-9-11/h6-7,9,12H,3-5,8,10H2,1-2H3,(H2,15,16). The van der Waals surface area contributed by atoms with Gasteiger partial charge in [-0.2, -0.15) is 0 Å². The average Bonchev–Trinajstić information content (AvgIpc) is 2.86. The summed E-state index contributed by atoms with van der Waals surface area (Å²) in [6.07, 6.45) is 3.94. The molecule has 1 atom stereocenters. The zero-order chi connectivity index (χ0) is 13.8. The minimum absolute atomic E-state index is 0.00968. The average molecular weight is 262 g/mol. The van der Waals surface area contributed by atoms with Crippen molar-refractivity contribution in [2.75, 3.05) is 32.4 Å². The highest BCUT2D eigenvalue weighted by Crippen LogP contribution is 2.18. The van der Waals surface area contributed by atoms with Gasteiger partial charge in [-0.1, -0.05) is 6.92 Å². The number of nitrogen functional groups attached to an aromatic ring is 1. The van der Waals surface area contributed by atoms with Crippen molar-refractivity contribution in [1.29, 1.82) is 0 Å². The molecule has 0 bridgehead atoms. The number of rotatable bonds is 4. The van der Waals surface area contributed by atoms with Crippen LogP contribution in [0.3, 0.4) is 0 Å². The molecule has 0 aromatic carbocycles. The van der Waals surface area contributed by atoms with Crippen molar-refractivity contribution in [3.05, 3.63) is 23.9 Å². The molecule has 1 aliphatic heterocycles. The van der Waals surface area contributed by atoms with E-state index in [1.165, 1.54) is 12.8 Å². The highest BCUT2D eigenvalue weighted by atomic mass is 16.2. The summed E-state index contributed by atoms with van der Waals surface area (Å²) in [5.41, 5.74) is 6.12. The summed E-state index contributed by atoms with van der Waals surface area (Å²) in [4.78, 5) is 20.4. The predicted octanol–water partition coefficient (Wildman–Crippen LogP) is 1.22. The van der Waals surface area contributed by atoms with Crippen LogP contribution in [0.4, 0.5) is 5.82 Å². The molecule has 2 N–H and O–H groups in total. The quantitative estimate of drug-likeness (QED) is 0.886. The number of anilines is 1. The summed E-state index contributed by atoms with van der Waals surface area (Å²) in [7, 11) is 1.85. The summed E-state index contributed by atoms with van der Waals surface area (Å²) < 4.78 is 0. The summed E-state index contributed by atoms with van der Waals surface area (Å²) >= 11 is 0. The molecule has 1 amide bonds. The molecule has 0 aliphatic carbocycles. The molecule has 104 valence electrons. The molecule has 5 heteroatoms. The molecule has 2 heterocycles. The van der Waals surface area contributed by atoms with Crippen LogP contribution in [0.5, 0.6) is 0 Å². The minimum Gasteiger partial charge on any atom is -0.384 e. The second-order valence-electron chi connectivity index (χ2n) is 5.08. The number of nitrogens with zero attached hydrogens (tertiary/aromatic N) is 3. The highest BCUT2D eigenvalue weighted by molar-refractivity contribution is 5.93. The smallest absolute Gasteiger partial charge is 0.255 e. The fourth-order valence-electron chi connectivity index (χ4n) is 2.67. The molecular weight excluding hydrogens is 240 g/mol. The Morgan fingerprint density at radius 3 is 3.00 bits per heavy atom. The number of aromatic nitrogens is 1. The van der Waals surface area contributed by atoms with E-state index in [9.17, 15) is 4.79 Å². The van der Waals surface area contributed by atoms with Crippen molar-refractivity contribution >= 4 is 11.7 Å². The first-order valence-electron chi connectivity index (χ1n) is 6.83. The molecule has 1 aromatic heterocycles. The largest absolute Gasteiger partial charge is 0.384 e. The maximum atomic E-state index is 12.3. The molecule has 2 rings (SSSR count). The fraction of sp³-hybridized carbons (Fsp3) is 0.571. The van der Waals surface area contributed by atoms with E-state index in [1.807, 2.05) is 7.05 Å². The van der Waals surface area contributed by atoms with Gasteiger partial charge in [-0.15, -0.1) is 0 Å². The van der Waals surface area contributed by atoms with Crippen molar-refractivity contribution < 1.29 is 4.79 Å². The van der Waals surface area contributed by atoms with Gasteiger partial charge in [0.2, 0.25) is 0 Å². The van der Waals surface area contributed by atoms with Crippen LogP contribution < -0.4 is 5.73 Å². The number of carbonyl (C=O) groups is 1. The van der Waals surface area contributed by atoms with Crippen LogP contribution in [0.15, 0.2) is 18.3 Å². The fourth-order valence-corrected chi connectivity index (χ4v) is 2.67. The van der Waals surface area contributed by atoms with Crippen LogP contribution in [-0.4, -0.2) is 53.4 Å².